The predicted molar refractivity (Wildman–Crippen MR) is 78.0 cm³/mol. The molecule has 21 heavy (non-hydrogen) atoms. The Hall–Kier alpha value is -2.44. The van der Waals surface area contributed by atoms with Crippen molar-refractivity contribution in [1.29, 1.82) is 5.53 Å². The van der Waals surface area contributed by atoms with Crippen LogP contribution in [-0.2, 0) is 22.4 Å². The third-order valence-corrected chi connectivity index (χ3v) is 3.23. The molecule has 0 fully saturated rings. The fraction of sp³-hybridized carbons (Fsp3) is 0.429. The summed E-state index contributed by atoms with van der Waals surface area (Å²) >= 11 is 0. The quantitative estimate of drug-likeness (QED) is 0.320. The van der Waals surface area contributed by atoms with Crippen molar-refractivity contribution in [2.75, 3.05) is 25.5 Å². The molecule has 1 aliphatic rings. The third kappa shape index (κ3) is 4.01. The van der Waals surface area contributed by atoms with E-state index in [1.165, 1.54) is 18.9 Å². The molecule has 0 radical (unpaired) electrons. The minimum Gasteiger partial charge on any atom is -0.464 e. The first-order chi connectivity index (χ1) is 10.2. The highest BCUT2D eigenvalue weighted by Crippen LogP contribution is 2.19. The number of esters is 1. The molecule has 1 aromatic heterocycles. The molecule has 0 saturated heterocycles. The molecule has 0 unspecified atom stereocenters. The van der Waals surface area contributed by atoms with Gasteiger partial charge in [0, 0.05) is 31.4 Å². The van der Waals surface area contributed by atoms with Crippen LogP contribution in [0, 0.1) is 5.53 Å². The molecule has 112 valence electrons. The van der Waals surface area contributed by atoms with Crippen LogP contribution in [0.3, 0.4) is 0 Å². The molecule has 0 amide bonds. The Balaban J connectivity index is 1.87. The lowest BCUT2D eigenvalue weighted by Crippen LogP contribution is -2.16. The minimum atomic E-state index is -0.631. The van der Waals surface area contributed by atoms with Gasteiger partial charge in [-0.25, -0.2) is 15.3 Å². The molecule has 0 aliphatic carbocycles. The lowest BCUT2D eigenvalue weighted by atomic mass is 10.1. The summed E-state index contributed by atoms with van der Waals surface area (Å²) in [5, 5.41) is 9.35. The highest BCUT2D eigenvalue weighted by Gasteiger charge is 2.10. The third-order valence-electron chi connectivity index (χ3n) is 3.23. The number of pyridine rings is 1. The Bertz CT molecular complexity index is 556. The molecule has 0 spiro atoms. The molecule has 1 aliphatic heterocycles. The van der Waals surface area contributed by atoms with Crippen molar-refractivity contribution in [2.24, 2.45) is 5.11 Å². The SMILES string of the molecule is COC(=O)/C(=C/NCCc1ccc2c(n1)NCCC2)N=N. The summed E-state index contributed by atoms with van der Waals surface area (Å²) in [6, 6.07) is 4.13. The van der Waals surface area contributed by atoms with E-state index in [1.54, 1.807) is 0 Å². The van der Waals surface area contributed by atoms with Crippen LogP contribution in [0.2, 0.25) is 0 Å². The number of aryl methyl sites for hydroxylation is 1. The number of nitrogens with one attached hydrogen (secondary N) is 3. The summed E-state index contributed by atoms with van der Waals surface area (Å²) in [5.74, 6) is 0.347. The molecule has 0 aromatic carbocycles. The van der Waals surface area contributed by atoms with Crippen LogP contribution in [-0.4, -0.2) is 31.2 Å². The zero-order valence-corrected chi connectivity index (χ0v) is 12.0. The first-order valence-electron chi connectivity index (χ1n) is 6.86. The summed E-state index contributed by atoms with van der Waals surface area (Å²) in [4.78, 5) is 15.8. The first kappa shape index (κ1) is 15.0. The van der Waals surface area contributed by atoms with E-state index < -0.39 is 5.97 Å². The van der Waals surface area contributed by atoms with Crippen LogP contribution in [0.25, 0.3) is 0 Å². The molecule has 3 N–H and O–H groups in total. The number of hydrogen-bond acceptors (Lipinski definition) is 7. The van der Waals surface area contributed by atoms with Gasteiger partial charge in [-0.15, -0.1) is 5.11 Å². The van der Waals surface area contributed by atoms with Crippen LogP contribution in [0.15, 0.2) is 29.1 Å². The average molecular weight is 289 g/mol. The summed E-state index contributed by atoms with van der Waals surface area (Å²) in [7, 11) is 1.26. The first-order valence-corrected chi connectivity index (χ1v) is 6.86. The Labute approximate surface area is 123 Å². The van der Waals surface area contributed by atoms with Crippen LogP contribution >= 0.6 is 0 Å². The maximum absolute atomic E-state index is 11.2. The molecule has 0 bridgehead atoms. The zero-order valence-electron chi connectivity index (χ0n) is 12.0. The normalized spacial score (nSPS) is 13.9. The maximum atomic E-state index is 11.2. The standard InChI is InChI=1S/C14H19N5O2/c1-21-14(20)12(19-15)9-16-8-6-11-5-4-10-3-2-7-17-13(10)18-11/h4-5,9,15-16H,2-3,6-8H2,1H3,(H,17,18)/b12-9-,19-15?. The van der Waals surface area contributed by atoms with Crippen molar-refractivity contribution in [2.45, 2.75) is 19.3 Å². The number of ether oxygens (including phenoxy) is 1. The van der Waals surface area contributed by atoms with Gasteiger partial charge in [0.15, 0.2) is 5.70 Å². The lowest BCUT2D eigenvalue weighted by molar-refractivity contribution is -0.136. The second-order valence-electron chi connectivity index (χ2n) is 4.68. The van der Waals surface area contributed by atoms with Crippen LogP contribution < -0.4 is 10.6 Å². The Kier molecular flexibility index (Phi) is 5.25. The minimum absolute atomic E-state index is 0.0578. The van der Waals surface area contributed by atoms with Gasteiger partial charge in [0.2, 0.25) is 0 Å². The van der Waals surface area contributed by atoms with Gasteiger partial charge in [-0.3, -0.25) is 0 Å². The van der Waals surface area contributed by atoms with Gasteiger partial charge < -0.3 is 15.4 Å². The fourth-order valence-electron chi connectivity index (χ4n) is 2.12. The van der Waals surface area contributed by atoms with Gasteiger partial charge in [0.1, 0.15) is 5.82 Å². The number of carbonyl (C=O) groups is 1. The highest BCUT2D eigenvalue weighted by atomic mass is 16.5. The molecule has 2 heterocycles. The van der Waals surface area contributed by atoms with Crippen molar-refractivity contribution in [3.63, 3.8) is 0 Å². The Morgan fingerprint density at radius 2 is 2.48 bits per heavy atom. The van der Waals surface area contributed by atoms with E-state index in [4.69, 9.17) is 5.53 Å². The number of anilines is 1. The predicted octanol–water partition coefficient (Wildman–Crippen LogP) is 1.62. The van der Waals surface area contributed by atoms with E-state index in [2.05, 4.69) is 31.5 Å². The van der Waals surface area contributed by atoms with E-state index in [0.29, 0.717) is 6.54 Å². The molecule has 2 rings (SSSR count). The monoisotopic (exact) mass is 289 g/mol. The van der Waals surface area contributed by atoms with E-state index in [0.717, 1.165) is 37.3 Å². The van der Waals surface area contributed by atoms with Gasteiger partial charge in [0.05, 0.1) is 7.11 Å². The van der Waals surface area contributed by atoms with E-state index >= 15 is 0 Å². The van der Waals surface area contributed by atoms with Crippen molar-refractivity contribution >= 4 is 11.8 Å². The van der Waals surface area contributed by atoms with Crippen LogP contribution in [0.1, 0.15) is 17.7 Å². The highest BCUT2D eigenvalue weighted by molar-refractivity contribution is 5.87. The molecule has 0 saturated carbocycles. The number of rotatable bonds is 6. The number of methoxy groups -OCH3 is 1. The average Bonchev–Trinajstić information content (AvgIpc) is 2.54. The Morgan fingerprint density at radius 1 is 1.62 bits per heavy atom. The molecule has 7 nitrogen and oxygen atoms in total. The molecular weight excluding hydrogens is 270 g/mol. The van der Waals surface area contributed by atoms with Crippen molar-refractivity contribution < 1.29 is 9.53 Å². The summed E-state index contributed by atoms with van der Waals surface area (Å²) in [6.45, 7) is 1.57. The van der Waals surface area contributed by atoms with Gasteiger partial charge in [0.25, 0.3) is 0 Å². The number of aromatic nitrogens is 1. The van der Waals surface area contributed by atoms with Crippen molar-refractivity contribution in [3.8, 4) is 0 Å². The molecule has 0 atom stereocenters. The topological polar surface area (TPSA) is 99.5 Å². The van der Waals surface area contributed by atoms with Gasteiger partial charge in [-0.2, -0.15) is 0 Å². The second-order valence-corrected chi connectivity index (χ2v) is 4.68. The molecule has 7 heteroatoms. The number of fused-ring (bicyclic) bond motifs is 1. The van der Waals surface area contributed by atoms with Crippen LogP contribution in [0.5, 0.6) is 0 Å². The van der Waals surface area contributed by atoms with Gasteiger partial charge >= 0.3 is 5.97 Å². The van der Waals surface area contributed by atoms with E-state index in [9.17, 15) is 4.79 Å². The number of nitrogens with zero attached hydrogens (tertiary/aromatic N) is 2. The summed E-state index contributed by atoms with van der Waals surface area (Å²) < 4.78 is 4.50. The van der Waals surface area contributed by atoms with Crippen molar-refractivity contribution in [1.82, 2.24) is 10.3 Å². The largest absolute Gasteiger partial charge is 0.464 e. The van der Waals surface area contributed by atoms with E-state index in [-0.39, 0.29) is 5.70 Å². The van der Waals surface area contributed by atoms with Gasteiger partial charge in [-0.05, 0) is 24.5 Å². The van der Waals surface area contributed by atoms with E-state index in [1.807, 2.05) is 6.07 Å². The second kappa shape index (κ2) is 7.37. The zero-order chi connectivity index (χ0) is 15.1. The summed E-state index contributed by atoms with van der Waals surface area (Å²) in [5.41, 5.74) is 9.08. The van der Waals surface area contributed by atoms with Crippen LogP contribution in [0.4, 0.5) is 5.82 Å². The lowest BCUT2D eigenvalue weighted by Gasteiger charge is -2.17. The number of hydrogen-bond donors (Lipinski definition) is 3. The van der Waals surface area contributed by atoms with Crippen molar-refractivity contribution in [3.05, 3.63) is 35.3 Å². The summed E-state index contributed by atoms with van der Waals surface area (Å²) in [6.07, 6.45) is 4.32. The molecule has 1 aromatic rings. The van der Waals surface area contributed by atoms with Gasteiger partial charge in [-0.1, -0.05) is 6.07 Å². The fourth-order valence-corrected chi connectivity index (χ4v) is 2.12. The number of carbonyl (C=O) groups excluding carboxylic acids is 1. The molecular formula is C14H19N5O2. The Morgan fingerprint density at radius 3 is 3.24 bits per heavy atom. The maximum Gasteiger partial charge on any atom is 0.360 e. The smallest absolute Gasteiger partial charge is 0.360 e.